The number of hydrazone groups is 1. The molecule has 0 aliphatic carbocycles. The summed E-state index contributed by atoms with van der Waals surface area (Å²) >= 11 is 11.9. The van der Waals surface area contributed by atoms with E-state index >= 15 is 0 Å². The number of hydrogen-bond donors (Lipinski definition) is 2. The van der Waals surface area contributed by atoms with Gasteiger partial charge in [-0.25, -0.2) is 10.2 Å². The quantitative estimate of drug-likeness (QED) is 0.143. The molecule has 0 spiro atoms. The number of esters is 1. The monoisotopic (exact) mass is 529 g/mol. The first-order valence-corrected chi connectivity index (χ1v) is 11.3. The molecule has 36 heavy (non-hydrogen) atoms. The number of nitrogens with zero attached hydrogens (tertiary/aromatic N) is 1. The second kappa shape index (κ2) is 12.6. The van der Waals surface area contributed by atoms with Crippen LogP contribution in [-0.4, -0.2) is 37.7 Å². The lowest BCUT2D eigenvalue weighted by Gasteiger charge is -2.12. The fourth-order valence-corrected chi connectivity index (χ4v) is 3.36. The second-order valence-corrected chi connectivity index (χ2v) is 7.88. The minimum atomic E-state index is -0.968. The van der Waals surface area contributed by atoms with Crippen molar-refractivity contribution in [2.45, 2.75) is 6.92 Å². The molecule has 0 bridgehead atoms. The van der Waals surface area contributed by atoms with Gasteiger partial charge in [0.2, 0.25) is 0 Å². The van der Waals surface area contributed by atoms with E-state index in [0.29, 0.717) is 28.6 Å². The van der Waals surface area contributed by atoms with Crippen molar-refractivity contribution in [3.8, 4) is 17.2 Å². The highest BCUT2D eigenvalue weighted by molar-refractivity contribution is 6.39. The summed E-state index contributed by atoms with van der Waals surface area (Å²) in [6, 6.07) is 15.6. The van der Waals surface area contributed by atoms with Crippen molar-refractivity contribution in [2.75, 3.05) is 19.0 Å². The van der Waals surface area contributed by atoms with E-state index < -0.39 is 17.8 Å². The first-order chi connectivity index (χ1) is 17.3. The van der Waals surface area contributed by atoms with Crippen LogP contribution in [0.4, 0.5) is 5.69 Å². The minimum absolute atomic E-state index is 0.143. The maximum Gasteiger partial charge on any atom is 0.345 e. The normalized spacial score (nSPS) is 10.6. The molecule has 186 valence electrons. The van der Waals surface area contributed by atoms with Crippen LogP contribution in [0.3, 0.4) is 0 Å². The Kier molecular flexibility index (Phi) is 9.26. The molecule has 0 aliphatic heterocycles. The van der Waals surface area contributed by atoms with Gasteiger partial charge in [-0.1, -0.05) is 29.3 Å². The summed E-state index contributed by atoms with van der Waals surface area (Å²) < 4.78 is 16.1. The summed E-state index contributed by atoms with van der Waals surface area (Å²) in [4.78, 5) is 36.7. The Hall–Kier alpha value is -4.08. The van der Waals surface area contributed by atoms with Crippen molar-refractivity contribution in [1.82, 2.24) is 5.43 Å². The largest absolute Gasteiger partial charge is 0.497 e. The van der Waals surface area contributed by atoms with Gasteiger partial charge in [0.15, 0.2) is 11.5 Å². The minimum Gasteiger partial charge on any atom is -0.497 e. The summed E-state index contributed by atoms with van der Waals surface area (Å²) in [6.45, 7) is 2.07. The fraction of sp³-hybridized carbons (Fsp3) is 0.120. The highest BCUT2D eigenvalue weighted by Crippen LogP contribution is 2.30. The molecule has 0 saturated heterocycles. The molecule has 0 radical (unpaired) electrons. The Labute approximate surface area is 216 Å². The van der Waals surface area contributed by atoms with Gasteiger partial charge in [0.25, 0.3) is 0 Å². The molecule has 0 atom stereocenters. The number of nitrogens with one attached hydrogen (secondary N) is 2. The number of rotatable bonds is 8. The molecular weight excluding hydrogens is 509 g/mol. The first-order valence-electron chi connectivity index (χ1n) is 10.5. The number of ether oxygens (including phenoxy) is 3. The summed E-state index contributed by atoms with van der Waals surface area (Å²) in [5.74, 6) is -1.60. The van der Waals surface area contributed by atoms with E-state index in [4.69, 9.17) is 37.4 Å². The number of anilines is 1. The van der Waals surface area contributed by atoms with Gasteiger partial charge >= 0.3 is 17.8 Å². The van der Waals surface area contributed by atoms with E-state index in [1.54, 1.807) is 43.3 Å². The Morgan fingerprint density at radius 1 is 0.972 bits per heavy atom. The SMILES string of the molecule is CCOc1cc(/C=N/NC(=O)C(=O)Nc2cccc(OC)c2)ccc1OC(=O)c1ccc(Cl)cc1Cl. The number of methoxy groups -OCH3 is 1. The molecule has 9 nitrogen and oxygen atoms in total. The van der Waals surface area contributed by atoms with Gasteiger partial charge in [-0.05, 0) is 61.0 Å². The van der Waals surface area contributed by atoms with Gasteiger partial charge < -0.3 is 19.5 Å². The molecular formula is C25H21Cl2N3O6. The fourth-order valence-electron chi connectivity index (χ4n) is 2.87. The van der Waals surface area contributed by atoms with Crippen molar-refractivity contribution >= 4 is 52.9 Å². The zero-order valence-electron chi connectivity index (χ0n) is 19.2. The zero-order valence-corrected chi connectivity index (χ0v) is 20.7. The van der Waals surface area contributed by atoms with Crippen LogP contribution < -0.4 is 25.0 Å². The average Bonchev–Trinajstić information content (AvgIpc) is 2.85. The molecule has 3 aromatic rings. The number of amides is 2. The zero-order chi connectivity index (χ0) is 26.1. The summed E-state index contributed by atoms with van der Waals surface area (Å²) in [5, 5.41) is 6.78. The Bertz CT molecular complexity index is 1310. The van der Waals surface area contributed by atoms with Crippen molar-refractivity contribution in [3.05, 3.63) is 81.8 Å². The van der Waals surface area contributed by atoms with Gasteiger partial charge in [-0.3, -0.25) is 9.59 Å². The molecule has 11 heteroatoms. The predicted molar refractivity (Wildman–Crippen MR) is 136 cm³/mol. The van der Waals surface area contributed by atoms with Crippen molar-refractivity contribution < 1.29 is 28.6 Å². The van der Waals surface area contributed by atoms with E-state index in [1.807, 2.05) is 0 Å². The lowest BCUT2D eigenvalue weighted by molar-refractivity contribution is -0.136. The molecule has 0 fully saturated rings. The summed E-state index contributed by atoms with van der Waals surface area (Å²) in [5.41, 5.74) is 3.19. The Balaban J connectivity index is 1.65. The highest BCUT2D eigenvalue weighted by atomic mass is 35.5. The third-order valence-electron chi connectivity index (χ3n) is 4.53. The smallest absolute Gasteiger partial charge is 0.345 e. The topological polar surface area (TPSA) is 115 Å². The Morgan fingerprint density at radius 3 is 2.50 bits per heavy atom. The van der Waals surface area contributed by atoms with E-state index in [2.05, 4.69) is 15.8 Å². The summed E-state index contributed by atoms with van der Waals surface area (Å²) in [7, 11) is 1.49. The number of hydrogen-bond acceptors (Lipinski definition) is 7. The molecule has 0 unspecified atom stereocenters. The van der Waals surface area contributed by atoms with Crippen LogP contribution in [0.15, 0.2) is 65.8 Å². The van der Waals surface area contributed by atoms with Gasteiger partial charge in [-0.2, -0.15) is 5.10 Å². The molecule has 3 rings (SSSR count). The van der Waals surface area contributed by atoms with Crippen LogP contribution in [0.1, 0.15) is 22.8 Å². The van der Waals surface area contributed by atoms with Crippen LogP contribution >= 0.6 is 23.2 Å². The van der Waals surface area contributed by atoms with Crippen LogP contribution in [0, 0.1) is 0 Å². The molecule has 3 aromatic carbocycles. The van der Waals surface area contributed by atoms with Gasteiger partial charge in [0, 0.05) is 16.8 Å². The molecule has 0 saturated carbocycles. The molecule has 0 aromatic heterocycles. The van der Waals surface area contributed by atoms with Gasteiger partial charge in [0.1, 0.15) is 5.75 Å². The molecule has 0 heterocycles. The average molecular weight is 530 g/mol. The van der Waals surface area contributed by atoms with E-state index in [-0.39, 0.29) is 22.1 Å². The van der Waals surface area contributed by atoms with Crippen LogP contribution in [0.2, 0.25) is 10.0 Å². The lowest BCUT2D eigenvalue weighted by Crippen LogP contribution is -2.32. The van der Waals surface area contributed by atoms with Crippen molar-refractivity contribution in [3.63, 3.8) is 0 Å². The third kappa shape index (κ3) is 7.21. The second-order valence-electron chi connectivity index (χ2n) is 7.04. The molecule has 2 N–H and O–H groups in total. The maximum absolute atomic E-state index is 12.5. The highest BCUT2D eigenvalue weighted by Gasteiger charge is 2.17. The Morgan fingerprint density at radius 2 is 1.78 bits per heavy atom. The number of carbonyl (C=O) groups excluding carboxylic acids is 3. The van der Waals surface area contributed by atoms with Gasteiger partial charge in [-0.15, -0.1) is 0 Å². The number of carbonyl (C=O) groups is 3. The van der Waals surface area contributed by atoms with Crippen LogP contribution in [0.25, 0.3) is 0 Å². The van der Waals surface area contributed by atoms with Crippen molar-refractivity contribution in [2.24, 2.45) is 5.10 Å². The number of halogens is 2. The molecule has 2 amide bonds. The first kappa shape index (κ1) is 26.5. The molecule has 0 aliphatic rings. The third-order valence-corrected chi connectivity index (χ3v) is 5.08. The van der Waals surface area contributed by atoms with Crippen molar-refractivity contribution in [1.29, 1.82) is 0 Å². The van der Waals surface area contributed by atoms with Gasteiger partial charge in [0.05, 0.1) is 30.5 Å². The number of benzene rings is 3. The van der Waals surface area contributed by atoms with E-state index in [9.17, 15) is 14.4 Å². The van der Waals surface area contributed by atoms with E-state index in [1.165, 1.54) is 37.6 Å². The van der Waals surface area contributed by atoms with Crippen LogP contribution in [0.5, 0.6) is 17.2 Å². The van der Waals surface area contributed by atoms with Crippen LogP contribution in [-0.2, 0) is 9.59 Å². The van der Waals surface area contributed by atoms with E-state index in [0.717, 1.165) is 0 Å². The standard InChI is InChI=1S/C25H21Cl2N3O6/c1-3-35-22-11-15(7-10-21(22)36-25(33)19-9-8-16(26)12-20(19)27)14-28-30-24(32)23(31)29-17-5-4-6-18(13-17)34-2/h4-14H,3H2,1-2H3,(H,29,31)(H,30,32)/b28-14+. The lowest BCUT2D eigenvalue weighted by atomic mass is 10.2. The predicted octanol–water partition coefficient (Wildman–Crippen LogP) is 4.71. The summed E-state index contributed by atoms with van der Waals surface area (Å²) in [6.07, 6.45) is 1.31. The maximum atomic E-state index is 12.5.